The van der Waals surface area contributed by atoms with Crippen LogP contribution >= 0.6 is 9.03 Å². The van der Waals surface area contributed by atoms with Crippen molar-refractivity contribution in [2.24, 2.45) is 34.5 Å². The van der Waals surface area contributed by atoms with Crippen molar-refractivity contribution in [3.8, 4) is 0 Å². The van der Waals surface area contributed by atoms with Gasteiger partial charge in [0.05, 0.1) is 6.61 Å². The van der Waals surface area contributed by atoms with Crippen LogP contribution in [0, 0.1) is 34.5 Å². The van der Waals surface area contributed by atoms with Crippen molar-refractivity contribution < 1.29 is 14.2 Å². The molecule has 24 heavy (non-hydrogen) atoms. The Balaban J connectivity index is 1.58. The number of hydrogen-bond donors (Lipinski definition) is 2. The van der Waals surface area contributed by atoms with E-state index in [4.69, 9.17) is 9.42 Å². The third kappa shape index (κ3) is 2.40. The highest BCUT2D eigenvalue weighted by atomic mass is 31.1. The summed E-state index contributed by atoms with van der Waals surface area (Å²) < 4.78 is 5.41. The van der Waals surface area contributed by atoms with Crippen LogP contribution in [0.15, 0.2) is 12.2 Å². The zero-order valence-electron chi connectivity index (χ0n) is 14.8. The molecule has 0 aromatic rings. The standard InChI is InChI=1S/C19H30NO3P/c1-18-9-7-15-13(14(18)5-3-12(18)11-23-24-22)4-6-16-19(15,2)10-8-17(21)20-16/h8,10,12-16,22,24H,3-7,9,11H2,1-2H3,(H,20,21). The Hall–Kier alpha value is -0.440. The maximum atomic E-state index is 11.8. The second-order valence-electron chi connectivity index (χ2n) is 8.94. The molecule has 0 spiro atoms. The molecule has 3 aliphatic carbocycles. The first kappa shape index (κ1) is 17.0. The maximum Gasteiger partial charge on any atom is 0.243 e. The molecular weight excluding hydrogens is 321 g/mol. The van der Waals surface area contributed by atoms with Crippen LogP contribution < -0.4 is 5.32 Å². The molecule has 4 rings (SSSR count). The minimum atomic E-state index is -0.384. The number of carbonyl (C=O) groups excluding carboxylic acids is 1. The van der Waals surface area contributed by atoms with Crippen LogP contribution in [0.4, 0.5) is 0 Å². The molecule has 3 fully saturated rings. The molecule has 1 heterocycles. The highest BCUT2D eigenvalue weighted by molar-refractivity contribution is 7.24. The molecule has 8 atom stereocenters. The van der Waals surface area contributed by atoms with Gasteiger partial charge in [-0.1, -0.05) is 19.9 Å². The summed E-state index contributed by atoms with van der Waals surface area (Å²) in [4.78, 5) is 20.8. The van der Waals surface area contributed by atoms with Crippen molar-refractivity contribution in [1.82, 2.24) is 5.32 Å². The summed E-state index contributed by atoms with van der Waals surface area (Å²) in [5.74, 6) is 2.90. The zero-order chi connectivity index (χ0) is 16.9. The van der Waals surface area contributed by atoms with Crippen LogP contribution in [0.1, 0.15) is 52.4 Å². The Morgan fingerprint density at radius 1 is 1.25 bits per heavy atom. The van der Waals surface area contributed by atoms with Crippen LogP contribution in [0.2, 0.25) is 0 Å². The van der Waals surface area contributed by atoms with Gasteiger partial charge in [0, 0.05) is 11.5 Å². The molecule has 134 valence electrons. The number of hydrogen-bond acceptors (Lipinski definition) is 3. The van der Waals surface area contributed by atoms with E-state index in [1.807, 2.05) is 0 Å². The third-order valence-electron chi connectivity index (χ3n) is 8.23. The normalized spacial score (nSPS) is 50.5. The van der Waals surface area contributed by atoms with E-state index in [-0.39, 0.29) is 20.4 Å². The van der Waals surface area contributed by atoms with E-state index >= 15 is 0 Å². The minimum absolute atomic E-state index is 0.0829. The fraction of sp³-hybridized carbons (Fsp3) is 0.842. The first-order valence-electron chi connectivity index (χ1n) is 9.49. The van der Waals surface area contributed by atoms with Crippen LogP contribution in [0.5, 0.6) is 0 Å². The lowest BCUT2D eigenvalue weighted by atomic mass is 9.48. The summed E-state index contributed by atoms with van der Waals surface area (Å²) in [5, 5.41) is 3.23. The van der Waals surface area contributed by atoms with Crippen molar-refractivity contribution in [3.05, 3.63) is 12.2 Å². The quantitative estimate of drug-likeness (QED) is 0.766. The lowest BCUT2D eigenvalue weighted by molar-refractivity contribution is -0.122. The monoisotopic (exact) mass is 351 g/mol. The van der Waals surface area contributed by atoms with E-state index in [9.17, 15) is 4.79 Å². The Morgan fingerprint density at radius 2 is 2.08 bits per heavy atom. The lowest BCUT2D eigenvalue weighted by Crippen LogP contribution is -2.59. The molecule has 0 saturated heterocycles. The van der Waals surface area contributed by atoms with Crippen LogP contribution in [-0.2, 0) is 9.32 Å². The second kappa shape index (κ2) is 6.07. The average Bonchev–Trinajstić information content (AvgIpc) is 2.90. The number of amides is 1. The highest BCUT2D eigenvalue weighted by Gasteiger charge is 2.59. The van der Waals surface area contributed by atoms with Gasteiger partial charge in [-0.3, -0.25) is 4.79 Å². The molecule has 0 radical (unpaired) electrons. The summed E-state index contributed by atoms with van der Waals surface area (Å²) >= 11 is 0. The molecule has 8 unspecified atom stereocenters. The predicted octanol–water partition coefficient (Wildman–Crippen LogP) is 3.42. The lowest BCUT2D eigenvalue weighted by Gasteiger charge is -2.58. The third-order valence-corrected chi connectivity index (χ3v) is 8.53. The average molecular weight is 351 g/mol. The number of rotatable bonds is 3. The van der Waals surface area contributed by atoms with E-state index in [2.05, 4.69) is 25.2 Å². The van der Waals surface area contributed by atoms with Gasteiger partial charge in [-0.15, -0.1) is 0 Å². The Morgan fingerprint density at radius 3 is 2.88 bits per heavy atom. The van der Waals surface area contributed by atoms with Crippen molar-refractivity contribution >= 4 is 14.9 Å². The molecule has 2 N–H and O–H groups in total. The molecule has 0 bridgehead atoms. The second-order valence-corrected chi connectivity index (χ2v) is 9.41. The topological polar surface area (TPSA) is 58.6 Å². The van der Waals surface area contributed by atoms with E-state index < -0.39 is 0 Å². The van der Waals surface area contributed by atoms with Gasteiger partial charge in [0.25, 0.3) is 0 Å². The Labute approximate surface area is 146 Å². The smallest absolute Gasteiger partial charge is 0.243 e. The number of nitrogens with one attached hydrogen (secondary N) is 1. The molecule has 4 aliphatic rings. The van der Waals surface area contributed by atoms with Gasteiger partial charge in [-0.05, 0) is 73.7 Å². The molecule has 3 saturated carbocycles. The van der Waals surface area contributed by atoms with Crippen LogP contribution in [-0.4, -0.2) is 23.4 Å². The largest absolute Gasteiger partial charge is 0.352 e. The van der Waals surface area contributed by atoms with Gasteiger partial charge in [0.15, 0.2) is 9.03 Å². The minimum Gasteiger partial charge on any atom is -0.352 e. The van der Waals surface area contributed by atoms with E-state index in [1.165, 1.54) is 32.1 Å². The molecule has 1 aliphatic heterocycles. The Bertz CT molecular complexity index is 553. The molecule has 0 aromatic heterocycles. The van der Waals surface area contributed by atoms with E-state index in [0.717, 1.165) is 24.9 Å². The van der Waals surface area contributed by atoms with Crippen LogP contribution in [0.25, 0.3) is 0 Å². The van der Waals surface area contributed by atoms with Gasteiger partial charge >= 0.3 is 0 Å². The van der Waals surface area contributed by atoms with Crippen molar-refractivity contribution in [2.45, 2.75) is 58.4 Å². The predicted molar refractivity (Wildman–Crippen MR) is 95.4 cm³/mol. The van der Waals surface area contributed by atoms with E-state index in [0.29, 0.717) is 23.3 Å². The molecule has 1 amide bonds. The fourth-order valence-corrected chi connectivity index (χ4v) is 7.13. The number of carbonyl (C=O) groups is 1. The summed E-state index contributed by atoms with van der Waals surface area (Å²) in [5.41, 5.74) is 0.491. The Kier molecular flexibility index (Phi) is 4.30. The first-order chi connectivity index (χ1) is 11.5. The van der Waals surface area contributed by atoms with Gasteiger partial charge in [-0.25, -0.2) is 0 Å². The SMILES string of the molecule is CC12C=CC(=O)NC1CCC1C2CCC2(C)C(COPO)CCC12. The van der Waals surface area contributed by atoms with Crippen molar-refractivity contribution in [1.29, 1.82) is 0 Å². The summed E-state index contributed by atoms with van der Waals surface area (Å²) in [6.45, 7) is 5.56. The van der Waals surface area contributed by atoms with Gasteiger partial charge in [-0.2, -0.15) is 0 Å². The van der Waals surface area contributed by atoms with Gasteiger partial charge in [0.1, 0.15) is 0 Å². The zero-order valence-corrected chi connectivity index (χ0v) is 15.8. The van der Waals surface area contributed by atoms with E-state index in [1.54, 1.807) is 6.08 Å². The van der Waals surface area contributed by atoms with Crippen molar-refractivity contribution in [2.75, 3.05) is 6.61 Å². The summed E-state index contributed by atoms with van der Waals surface area (Å²) in [6, 6.07) is 0.316. The highest BCUT2D eigenvalue weighted by Crippen LogP contribution is 2.65. The molecule has 0 aromatic carbocycles. The van der Waals surface area contributed by atoms with Gasteiger partial charge in [0.2, 0.25) is 5.91 Å². The maximum absolute atomic E-state index is 11.8. The first-order valence-corrected chi connectivity index (χ1v) is 10.3. The van der Waals surface area contributed by atoms with Crippen molar-refractivity contribution in [3.63, 3.8) is 0 Å². The van der Waals surface area contributed by atoms with Gasteiger partial charge < -0.3 is 14.7 Å². The summed E-state index contributed by atoms with van der Waals surface area (Å²) in [7, 11) is -0.384. The molecule has 4 nitrogen and oxygen atoms in total. The van der Waals surface area contributed by atoms with Crippen LogP contribution in [0.3, 0.4) is 0 Å². The molecule has 5 heteroatoms. The fourth-order valence-electron chi connectivity index (χ4n) is 6.85. The summed E-state index contributed by atoms with van der Waals surface area (Å²) in [6.07, 6.45) is 11.4. The molecular formula is C19H30NO3P. The number of fused-ring (bicyclic) bond motifs is 5.